The lowest BCUT2D eigenvalue weighted by molar-refractivity contribution is -0.138. The maximum Gasteiger partial charge on any atom is 0.303 e. The third-order valence-electron chi connectivity index (χ3n) is 3.44. The quantitative estimate of drug-likeness (QED) is 0.879. The fourth-order valence-corrected chi connectivity index (χ4v) is 2.25. The molecule has 1 unspecified atom stereocenters. The number of aromatic nitrogens is 2. The van der Waals surface area contributed by atoms with Crippen molar-refractivity contribution in [2.75, 3.05) is 0 Å². The molecule has 0 spiro atoms. The van der Waals surface area contributed by atoms with E-state index in [-0.39, 0.29) is 12.3 Å². The molecule has 1 aromatic heterocycles. The van der Waals surface area contributed by atoms with E-state index in [0.29, 0.717) is 0 Å². The van der Waals surface area contributed by atoms with Crippen molar-refractivity contribution in [3.05, 3.63) is 42.2 Å². The van der Waals surface area contributed by atoms with Gasteiger partial charge in [0.1, 0.15) is 0 Å². The molecule has 1 atom stereocenters. The minimum absolute atomic E-state index is 0.213. The molecule has 20 heavy (non-hydrogen) atoms. The second-order valence-electron chi connectivity index (χ2n) is 5.34. The summed E-state index contributed by atoms with van der Waals surface area (Å²) >= 11 is 0. The lowest BCUT2D eigenvalue weighted by Gasteiger charge is -2.08. The Morgan fingerprint density at radius 2 is 2.00 bits per heavy atom. The number of hydrogen-bond donors (Lipinski definition) is 1. The standard InChI is InChI=1S/C16H20N2O2/c1-12(9-16(19)20)3-4-13-5-7-14(8-6-13)15-10-17-18(2)11-15/h5-8,10-12H,3-4,9H2,1-2H3,(H,19,20). The van der Waals surface area contributed by atoms with Gasteiger partial charge in [-0.05, 0) is 29.9 Å². The maximum absolute atomic E-state index is 10.6. The average molecular weight is 272 g/mol. The van der Waals surface area contributed by atoms with E-state index in [9.17, 15) is 4.79 Å². The molecule has 0 saturated heterocycles. The molecule has 4 nitrogen and oxygen atoms in total. The van der Waals surface area contributed by atoms with Gasteiger partial charge in [0.25, 0.3) is 0 Å². The van der Waals surface area contributed by atoms with Crippen LogP contribution < -0.4 is 0 Å². The molecule has 2 rings (SSSR count). The van der Waals surface area contributed by atoms with Crippen LogP contribution in [0.4, 0.5) is 0 Å². The average Bonchev–Trinajstić information content (AvgIpc) is 2.83. The molecule has 0 aliphatic heterocycles. The number of carboxylic acids is 1. The zero-order valence-electron chi connectivity index (χ0n) is 11.9. The summed E-state index contributed by atoms with van der Waals surface area (Å²) < 4.78 is 1.79. The Morgan fingerprint density at radius 3 is 2.55 bits per heavy atom. The van der Waals surface area contributed by atoms with E-state index in [0.717, 1.165) is 24.0 Å². The van der Waals surface area contributed by atoms with E-state index in [1.165, 1.54) is 5.56 Å². The lowest BCUT2D eigenvalue weighted by Crippen LogP contribution is -2.05. The third-order valence-corrected chi connectivity index (χ3v) is 3.44. The van der Waals surface area contributed by atoms with E-state index in [1.54, 1.807) is 4.68 Å². The fourth-order valence-electron chi connectivity index (χ4n) is 2.25. The van der Waals surface area contributed by atoms with Crippen LogP contribution in [0.2, 0.25) is 0 Å². The highest BCUT2D eigenvalue weighted by Crippen LogP contribution is 2.20. The van der Waals surface area contributed by atoms with Crippen LogP contribution in [0, 0.1) is 5.92 Å². The number of carboxylic acid groups (broad SMARTS) is 1. The fraction of sp³-hybridized carbons (Fsp3) is 0.375. The summed E-state index contributed by atoms with van der Waals surface area (Å²) in [6.07, 6.45) is 5.90. The molecule has 0 saturated carbocycles. The molecular weight excluding hydrogens is 252 g/mol. The van der Waals surface area contributed by atoms with Gasteiger partial charge in [-0.1, -0.05) is 31.2 Å². The molecule has 0 radical (unpaired) electrons. The van der Waals surface area contributed by atoms with Crippen molar-refractivity contribution in [3.8, 4) is 11.1 Å². The first-order valence-corrected chi connectivity index (χ1v) is 6.84. The summed E-state index contributed by atoms with van der Waals surface area (Å²) in [5, 5.41) is 12.9. The number of aliphatic carboxylic acids is 1. The van der Waals surface area contributed by atoms with Crippen molar-refractivity contribution in [2.24, 2.45) is 13.0 Å². The van der Waals surface area contributed by atoms with Crippen LogP contribution in [0.25, 0.3) is 11.1 Å². The molecule has 1 heterocycles. The van der Waals surface area contributed by atoms with Gasteiger partial charge in [0.2, 0.25) is 0 Å². The van der Waals surface area contributed by atoms with Crippen molar-refractivity contribution in [3.63, 3.8) is 0 Å². The van der Waals surface area contributed by atoms with Gasteiger partial charge in [-0.2, -0.15) is 5.10 Å². The van der Waals surface area contributed by atoms with E-state index >= 15 is 0 Å². The predicted octanol–water partition coefficient (Wildman–Crippen LogP) is 3.13. The highest BCUT2D eigenvalue weighted by atomic mass is 16.4. The summed E-state index contributed by atoms with van der Waals surface area (Å²) in [5.74, 6) is -0.505. The number of carbonyl (C=O) groups is 1. The molecule has 1 aromatic carbocycles. The van der Waals surface area contributed by atoms with Crippen LogP contribution in [0.15, 0.2) is 36.7 Å². The third kappa shape index (κ3) is 3.95. The molecule has 0 aliphatic rings. The molecule has 106 valence electrons. The first kappa shape index (κ1) is 14.3. The molecule has 4 heteroatoms. The monoisotopic (exact) mass is 272 g/mol. The Labute approximate surface area is 119 Å². The summed E-state index contributed by atoms with van der Waals surface area (Å²) in [6, 6.07) is 8.40. The molecule has 2 aromatic rings. The first-order valence-electron chi connectivity index (χ1n) is 6.84. The van der Waals surface area contributed by atoms with Crippen LogP contribution >= 0.6 is 0 Å². The molecule has 0 fully saturated rings. The van der Waals surface area contributed by atoms with Crippen molar-refractivity contribution in [1.29, 1.82) is 0 Å². The van der Waals surface area contributed by atoms with E-state index in [2.05, 4.69) is 29.4 Å². The molecular formula is C16H20N2O2. The van der Waals surface area contributed by atoms with Crippen LogP contribution in [0.3, 0.4) is 0 Å². The van der Waals surface area contributed by atoms with Gasteiger partial charge >= 0.3 is 5.97 Å². The van der Waals surface area contributed by atoms with Crippen molar-refractivity contribution in [2.45, 2.75) is 26.2 Å². The Bertz CT molecular complexity index is 572. The van der Waals surface area contributed by atoms with Crippen molar-refractivity contribution < 1.29 is 9.90 Å². The molecule has 0 bridgehead atoms. The molecule has 0 aliphatic carbocycles. The van der Waals surface area contributed by atoms with E-state index in [1.807, 2.05) is 26.4 Å². The first-order chi connectivity index (χ1) is 9.54. The minimum Gasteiger partial charge on any atom is -0.481 e. The van der Waals surface area contributed by atoms with Crippen LogP contribution in [0.5, 0.6) is 0 Å². The Balaban J connectivity index is 1.93. The predicted molar refractivity (Wildman–Crippen MR) is 78.4 cm³/mol. The minimum atomic E-state index is -0.718. The normalized spacial score (nSPS) is 12.3. The topological polar surface area (TPSA) is 55.1 Å². The number of nitrogens with zero attached hydrogens (tertiary/aromatic N) is 2. The van der Waals surface area contributed by atoms with Crippen LogP contribution in [-0.2, 0) is 18.3 Å². The van der Waals surface area contributed by atoms with Crippen molar-refractivity contribution >= 4 is 5.97 Å². The zero-order chi connectivity index (χ0) is 14.5. The zero-order valence-corrected chi connectivity index (χ0v) is 11.9. The Morgan fingerprint density at radius 1 is 1.30 bits per heavy atom. The van der Waals surface area contributed by atoms with Gasteiger partial charge in [0.15, 0.2) is 0 Å². The lowest BCUT2D eigenvalue weighted by atomic mass is 9.97. The summed E-state index contributed by atoms with van der Waals surface area (Å²) in [5.41, 5.74) is 3.51. The second kappa shape index (κ2) is 6.37. The summed E-state index contributed by atoms with van der Waals surface area (Å²) in [4.78, 5) is 10.6. The van der Waals surface area contributed by atoms with Crippen molar-refractivity contribution in [1.82, 2.24) is 9.78 Å². The molecule has 1 N–H and O–H groups in total. The van der Waals surface area contributed by atoms with Gasteiger partial charge in [0.05, 0.1) is 6.20 Å². The number of aryl methyl sites for hydroxylation is 2. The van der Waals surface area contributed by atoms with Crippen LogP contribution in [-0.4, -0.2) is 20.9 Å². The SMILES string of the molecule is CC(CCc1ccc(-c2cnn(C)c2)cc1)CC(=O)O. The summed E-state index contributed by atoms with van der Waals surface area (Å²) in [6.45, 7) is 1.98. The number of hydrogen-bond acceptors (Lipinski definition) is 2. The van der Waals surface area contributed by atoms with Gasteiger partial charge in [-0.25, -0.2) is 0 Å². The van der Waals surface area contributed by atoms with Gasteiger partial charge in [0, 0.05) is 25.2 Å². The van der Waals surface area contributed by atoms with Gasteiger partial charge < -0.3 is 5.11 Å². The number of benzene rings is 1. The van der Waals surface area contributed by atoms with Crippen LogP contribution in [0.1, 0.15) is 25.3 Å². The molecule has 0 amide bonds. The highest BCUT2D eigenvalue weighted by Gasteiger charge is 2.08. The highest BCUT2D eigenvalue weighted by molar-refractivity contribution is 5.67. The second-order valence-corrected chi connectivity index (χ2v) is 5.34. The van der Waals surface area contributed by atoms with E-state index in [4.69, 9.17) is 5.11 Å². The Kier molecular flexibility index (Phi) is 4.56. The largest absolute Gasteiger partial charge is 0.481 e. The Hall–Kier alpha value is -2.10. The summed E-state index contributed by atoms with van der Waals surface area (Å²) in [7, 11) is 1.90. The van der Waals surface area contributed by atoms with Gasteiger partial charge in [-0.15, -0.1) is 0 Å². The van der Waals surface area contributed by atoms with Gasteiger partial charge in [-0.3, -0.25) is 9.48 Å². The smallest absolute Gasteiger partial charge is 0.303 e. The number of rotatable bonds is 6. The maximum atomic E-state index is 10.6. The van der Waals surface area contributed by atoms with E-state index < -0.39 is 5.97 Å².